The summed E-state index contributed by atoms with van der Waals surface area (Å²) < 4.78 is 5.01. The van der Waals surface area contributed by atoms with Crippen molar-refractivity contribution in [1.82, 2.24) is 10.2 Å². The summed E-state index contributed by atoms with van der Waals surface area (Å²) in [5, 5.41) is 3.03. The molecule has 0 aromatic heterocycles. The molecule has 0 spiro atoms. The zero-order valence-corrected chi connectivity index (χ0v) is 12.5. The maximum atomic E-state index is 11.6. The van der Waals surface area contributed by atoms with E-state index in [4.69, 9.17) is 4.74 Å². The number of carbonyl (C=O) groups is 1. The van der Waals surface area contributed by atoms with E-state index in [9.17, 15) is 4.79 Å². The minimum Gasteiger partial charge on any atom is -0.450 e. The van der Waals surface area contributed by atoms with Gasteiger partial charge in [-0.1, -0.05) is 20.3 Å². The van der Waals surface area contributed by atoms with E-state index in [0.29, 0.717) is 18.4 Å². The molecule has 19 heavy (non-hydrogen) atoms. The third-order valence-corrected chi connectivity index (χ3v) is 4.64. The predicted molar refractivity (Wildman–Crippen MR) is 76.1 cm³/mol. The number of alkyl carbamates (subject to hydrolysis) is 1. The first-order valence-electron chi connectivity index (χ1n) is 7.77. The Bertz CT molecular complexity index is 303. The molecule has 2 unspecified atom stereocenters. The van der Waals surface area contributed by atoms with Crippen LogP contribution in [-0.4, -0.2) is 42.8 Å². The number of ether oxygens (including phenoxy) is 1. The van der Waals surface area contributed by atoms with Crippen LogP contribution in [0.1, 0.15) is 46.5 Å². The number of hydrogen-bond acceptors (Lipinski definition) is 3. The van der Waals surface area contributed by atoms with E-state index in [1.807, 2.05) is 6.92 Å². The first kappa shape index (κ1) is 14.6. The second kappa shape index (κ2) is 6.60. The second-order valence-electron chi connectivity index (χ2n) is 6.34. The largest absolute Gasteiger partial charge is 0.450 e. The van der Waals surface area contributed by atoms with Gasteiger partial charge >= 0.3 is 6.09 Å². The molecule has 1 aliphatic carbocycles. The highest BCUT2D eigenvalue weighted by Crippen LogP contribution is 2.31. The van der Waals surface area contributed by atoms with E-state index in [0.717, 1.165) is 19.0 Å². The van der Waals surface area contributed by atoms with E-state index < -0.39 is 0 Å². The SMILES string of the molecule is CCOC(=O)NC1CC(C(C)C)CN(C2CCC2)C1. The third-order valence-electron chi connectivity index (χ3n) is 4.64. The summed E-state index contributed by atoms with van der Waals surface area (Å²) in [6, 6.07) is 1.01. The molecule has 4 heteroatoms. The lowest BCUT2D eigenvalue weighted by Crippen LogP contribution is -2.56. The fraction of sp³-hybridized carbons (Fsp3) is 0.933. The van der Waals surface area contributed by atoms with Gasteiger partial charge in [0, 0.05) is 25.2 Å². The van der Waals surface area contributed by atoms with Crippen molar-refractivity contribution in [2.75, 3.05) is 19.7 Å². The molecule has 0 aromatic carbocycles. The lowest BCUT2D eigenvalue weighted by molar-refractivity contribution is 0.0434. The van der Waals surface area contributed by atoms with Crippen molar-refractivity contribution in [3.8, 4) is 0 Å². The van der Waals surface area contributed by atoms with Gasteiger partial charge in [0.05, 0.1) is 6.61 Å². The molecule has 1 amide bonds. The predicted octanol–water partition coefficient (Wildman–Crippen LogP) is 2.63. The van der Waals surface area contributed by atoms with Gasteiger partial charge in [0.1, 0.15) is 0 Å². The van der Waals surface area contributed by atoms with Crippen LogP contribution in [0, 0.1) is 11.8 Å². The summed E-state index contributed by atoms with van der Waals surface area (Å²) in [7, 11) is 0. The van der Waals surface area contributed by atoms with Crippen LogP contribution in [0.5, 0.6) is 0 Å². The third kappa shape index (κ3) is 3.85. The lowest BCUT2D eigenvalue weighted by Gasteiger charge is -2.46. The minimum absolute atomic E-state index is 0.251. The van der Waals surface area contributed by atoms with E-state index in [1.54, 1.807) is 0 Å². The summed E-state index contributed by atoms with van der Waals surface area (Å²) in [5.74, 6) is 1.36. The van der Waals surface area contributed by atoms with Gasteiger partial charge in [0.2, 0.25) is 0 Å². The van der Waals surface area contributed by atoms with Crippen LogP contribution in [-0.2, 0) is 4.74 Å². The van der Waals surface area contributed by atoms with Gasteiger partial charge in [0.15, 0.2) is 0 Å². The molecule has 1 saturated heterocycles. The van der Waals surface area contributed by atoms with Crippen molar-refractivity contribution in [1.29, 1.82) is 0 Å². The quantitative estimate of drug-likeness (QED) is 0.852. The smallest absolute Gasteiger partial charge is 0.407 e. The first-order valence-corrected chi connectivity index (χ1v) is 7.77. The summed E-state index contributed by atoms with van der Waals surface area (Å²) in [6.45, 7) is 9.05. The molecule has 4 nitrogen and oxygen atoms in total. The van der Waals surface area contributed by atoms with Crippen LogP contribution >= 0.6 is 0 Å². The van der Waals surface area contributed by atoms with Gasteiger partial charge in [0.25, 0.3) is 0 Å². The Kier molecular flexibility index (Phi) is 5.08. The number of piperidine rings is 1. The fourth-order valence-corrected chi connectivity index (χ4v) is 3.15. The molecule has 1 heterocycles. The Morgan fingerprint density at radius 3 is 2.63 bits per heavy atom. The average Bonchev–Trinajstić information content (AvgIpc) is 2.26. The van der Waals surface area contributed by atoms with Gasteiger partial charge in [-0.3, -0.25) is 4.90 Å². The molecule has 1 N–H and O–H groups in total. The molecule has 2 atom stereocenters. The van der Waals surface area contributed by atoms with Crippen molar-refractivity contribution < 1.29 is 9.53 Å². The molecule has 2 fully saturated rings. The number of likely N-dealkylation sites (tertiary alicyclic amines) is 1. The average molecular weight is 268 g/mol. The topological polar surface area (TPSA) is 41.6 Å². The number of nitrogens with zero attached hydrogens (tertiary/aromatic N) is 1. The molecule has 1 saturated carbocycles. The summed E-state index contributed by atoms with van der Waals surface area (Å²) in [4.78, 5) is 14.2. The van der Waals surface area contributed by atoms with Crippen LogP contribution < -0.4 is 5.32 Å². The van der Waals surface area contributed by atoms with Gasteiger partial charge in [-0.05, 0) is 38.0 Å². The molecule has 0 bridgehead atoms. The van der Waals surface area contributed by atoms with Crippen LogP contribution in [0.25, 0.3) is 0 Å². The van der Waals surface area contributed by atoms with E-state index in [1.165, 1.54) is 25.8 Å². The van der Waals surface area contributed by atoms with Crippen LogP contribution in [0.4, 0.5) is 4.79 Å². The Morgan fingerprint density at radius 1 is 1.37 bits per heavy atom. The monoisotopic (exact) mass is 268 g/mol. The molecular formula is C15H28N2O2. The van der Waals surface area contributed by atoms with Crippen LogP contribution in [0.3, 0.4) is 0 Å². The lowest BCUT2D eigenvalue weighted by atomic mass is 9.82. The van der Waals surface area contributed by atoms with Crippen molar-refractivity contribution in [2.24, 2.45) is 11.8 Å². The highest BCUT2D eigenvalue weighted by molar-refractivity contribution is 5.67. The van der Waals surface area contributed by atoms with Crippen LogP contribution in [0.2, 0.25) is 0 Å². The highest BCUT2D eigenvalue weighted by Gasteiger charge is 2.35. The van der Waals surface area contributed by atoms with E-state index in [2.05, 4.69) is 24.1 Å². The number of carbonyl (C=O) groups excluding carboxylic acids is 1. The standard InChI is InChI=1S/C15H28N2O2/c1-4-19-15(18)16-13-8-12(11(2)3)9-17(10-13)14-6-5-7-14/h11-14H,4-10H2,1-3H3,(H,16,18). The number of amides is 1. The van der Waals surface area contributed by atoms with Gasteiger partial charge in [-0.25, -0.2) is 4.79 Å². The van der Waals surface area contributed by atoms with Crippen molar-refractivity contribution in [2.45, 2.75) is 58.5 Å². The van der Waals surface area contributed by atoms with Crippen LogP contribution in [0.15, 0.2) is 0 Å². The van der Waals surface area contributed by atoms with Crippen molar-refractivity contribution >= 4 is 6.09 Å². The summed E-state index contributed by atoms with van der Waals surface area (Å²) in [5.41, 5.74) is 0. The molecule has 0 aromatic rings. The van der Waals surface area contributed by atoms with Gasteiger partial charge < -0.3 is 10.1 Å². The van der Waals surface area contributed by atoms with Crippen molar-refractivity contribution in [3.63, 3.8) is 0 Å². The maximum absolute atomic E-state index is 11.6. The summed E-state index contributed by atoms with van der Waals surface area (Å²) in [6.07, 6.45) is 4.85. The number of hydrogen-bond donors (Lipinski definition) is 1. The Labute approximate surface area is 116 Å². The Hall–Kier alpha value is -0.770. The Balaban J connectivity index is 1.91. The first-order chi connectivity index (χ1) is 9.10. The fourth-order valence-electron chi connectivity index (χ4n) is 3.15. The zero-order chi connectivity index (χ0) is 13.8. The van der Waals surface area contributed by atoms with E-state index >= 15 is 0 Å². The molecule has 0 radical (unpaired) electrons. The minimum atomic E-state index is -0.259. The van der Waals surface area contributed by atoms with Crippen molar-refractivity contribution in [3.05, 3.63) is 0 Å². The van der Waals surface area contributed by atoms with Gasteiger partial charge in [-0.15, -0.1) is 0 Å². The number of nitrogens with one attached hydrogen (secondary N) is 1. The molecule has 1 aliphatic heterocycles. The normalized spacial score (nSPS) is 29.1. The molecule has 2 aliphatic rings. The highest BCUT2D eigenvalue weighted by atomic mass is 16.5. The molecule has 110 valence electrons. The van der Waals surface area contributed by atoms with Gasteiger partial charge in [-0.2, -0.15) is 0 Å². The molecular weight excluding hydrogens is 240 g/mol. The number of rotatable bonds is 4. The van der Waals surface area contributed by atoms with E-state index in [-0.39, 0.29) is 12.1 Å². The second-order valence-corrected chi connectivity index (χ2v) is 6.34. The summed E-state index contributed by atoms with van der Waals surface area (Å²) >= 11 is 0. The zero-order valence-electron chi connectivity index (χ0n) is 12.5. The molecule has 2 rings (SSSR count). The Morgan fingerprint density at radius 2 is 2.11 bits per heavy atom. The maximum Gasteiger partial charge on any atom is 0.407 e.